The molecule has 0 N–H and O–H groups in total. The highest BCUT2D eigenvalue weighted by Crippen LogP contribution is 2.32. The number of ketones is 1. The maximum atomic E-state index is 12.4. The molecule has 0 atom stereocenters. The Labute approximate surface area is 172 Å². The first-order valence-electron chi connectivity index (χ1n) is 8.79. The van der Waals surface area contributed by atoms with Gasteiger partial charge in [0.05, 0.1) is 10.6 Å². The van der Waals surface area contributed by atoms with Gasteiger partial charge in [-0.05, 0) is 60.2 Å². The highest BCUT2D eigenvalue weighted by atomic mass is 35.5. The van der Waals surface area contributed by atoms with Crippen LogP contribution in [0.2, 0.25) is 5.02 Å². The van der Waals surface area contributed by atoms with Gasteiger partial charge in [0.1, 0.15) is 5.75 Å². The topological polar surface area (TPSA) is 61.8 Å². The summed E-state index contributed by atoms with van der Waals surface area (Å²) in [6.07, 6.45) is 3.18. The molecule has 0 bridgehead atoms. The fourth-order valence-corrected chi connectivity index (χ4v) is 2.97. The van der Waals surface area contributed by atoms with E-state index in [2.05, 4.69) is 0 Å². The van der Waals surface area contributed by atoms with Gasteiger partial charge in [-0.3, -0.25) is 4.79 Å². The summed E-state index contributed by atoms with van der Waals surface area (Å²) >= 11 is 6.00. The molecule has 0 aliphatic carbocycles. The highest BCUT2D eigenvalue weighted by Gasteiger charge is 2.13. The van der Waals surface area contributed by atoms with E-state index < -0.39 is 5.97 Å². The third-order valence-corrected chi connectivity index (χ3v) is 4.60. The maximum Gasteiger partial charge on any atom is 0.345 e. The van der Waals surface area contributed by atoms with Crippen molar-refractivity contribution in [3.8, 4) is 17.2 Å². The Bertz CT molecular complexity index is 1100. The molecule has 1 aliphatic heterocycles. The summed E-state index contributed by atoms with van der Waals surface area (Å²) in [6, 6.07) is 18.4. The number of carbonyl (C=O) groups is 2. The SMILES string of the molecule is O=C(/C=C/c1ccc2c(c1)OCO2)c1ccc(OC(=O)c2ccccc2Cl)cc1. The Morgan fingerprint density at radius 2 is 1.69 bits per heavy atom. The van der Waals surface area contributed by atoms with Gasteiger partial charge >= 0.3 is 5.97 Å². The fraction of sp³-hybridized carbons (Fsp3) is 0.0435. The number of carbonyl (C=O) groups excluding carboxylic acids is 2. The molecule has 144 valence electrons. The number of hydrogen-bond donors (Lipinski definition) is 0. The van der Waals surface area contributed by atoms with Crippen molar-refractivity contribution in [1.82, 2.24) is 0 Å². The van der Waals surface area contributed by atoms with Gasteiger partial charge < -0.3 is 14.2 Å². The van der Waals surface area contributed by atoms with E-state index in [0.29, 0.717) is 27.8 Å². The van der Waals surface area contributed by atoms with Crippen molar-refractivity contribution in [3.05, 3.63) is 94.5 Å². The molecule has 29 heavy (non-hydrogen) atoms. The van der Waals surface area contributed by atoms with Gasteiger partial charge in [-0.2, -0.15) is 0 Å². The van der Waals surface area contributed by atoms with E-state index >= 15 is 0 Å². The van der Waals surface area contributed by atoms with Gasteiger partial charge in [0.2, 0.25) is 6.79 Å². The van der Waals surface area contributed by atoms with E-state index in [1.165, 1.54) is 6.08 Å². The van der Waals surface area contributed by atoms with E-state index in [0.717, 1.165) is 5.56 Å². The zero-order valence-electron chi connectivity index (χ0n) is 15.1. The zero-order valence-corrected chi connectivity index (χ0v) is 15.9. The number of esters is 1. The monoisotopic (exact) mass is 406 g/mol. The van der Waals surface area contributed by atoms with Gasteiger partial charge in [0.25, 0.3) is 0 Å². The van der Waals surface area contributed by atoms with Crippen LogP contribution in [-0.2, 0) is 0 Å². The molecule has 0 fully saturated rings. The lowest BCUT2D eigenvalue weighted by molar-refractivity contribution is 0.0735. The second-order valence-electron chi connectivity index (χ2n) is 6.20. The Morgan fingerprint density at radius 3 is 2.48 bits per heavy atom. The van der Waals surface area contributed by atoms with Crippen LogP contribution < -0.4 is 14.2 Å². The quantitative estimate of drug-likeness (QED) is 0.253. The van der Waals surface area contributed by atoms with Crippen LogP contribution in [-0.4, -0.2) is 18.5 Å². The van der Waals surface area contributed by atoms with E-state index in [1.54, 1.807) is 60.7 Å². The Kier molecular flexibility index (Phi) is 5.31. The van der Waals surface area contributed by atoms with Crippen LogP contribution in [0.15, 0.2) is 72.8 Å². The smallest absolute Gasteiger partial charge is 0.345 e. The number of halogens is 1. The van der Waals surface area contributed by atoms with Gasteiger partial charge in [-0.1, -0.05) is 35.9 Å². The minimum absolute atomic E-state index is 0.174. The number of allylic oxidation sites excluding steroid dienone is 1. The first-order chi connectivity index (χ1) is 14.1. The van der Waals surface area contributed by atoms with Crippen molar-refractivity contribution in [3.63, 3.8) is 0 Å². The van der Waals surface area contributed by atoms with Gasteiger partial charge in [-0.25, -0.2) is 4.79 Å². The van der Waals surface area contributed by atoms with Gasteiger partial charge in [-0.15, -0.1) is 0 Å². The fourth-order valence-electron chi connectivity index (χ4n) is 2.76. The molecule has 3 aromatic rings. The standard InChI is InChI=1S/C23H15ClO5/c24-19-4-2-1-3-18(19)23(26)29-17-9-7-16(8-10-17)20(25)11-5-15-6-12-21-22(13-15)28-14-27-21/h1-13H,14H2/b11-5+. The summed E-state index contributed by atoms with van der Waals surface area (Å²) in [5.74, 6) is 0.940. The van der Waals surface area contributed by atoms with Crippen molar-refractivity contribution < 1.29 is 23.8 Å². The first kappa shape index (κ1) is 18.8. The van der Waals surface area contributed by atoms with Crippen molar-refractivity contribution in [2.24, 2.45) is 0 Å². The molecule has 0 radical (unpaired) electrons. The van der Waals surface area contributed by atoms with Crippen LogP contribution in [0.4, 0.5) is 0 Å². The van der Waals surface area contributed by atoms with E-state index in [9.17, 15) is 9.59 Å². The summed E-state index contributed by atoms with van der Waals surface area (Å²) in [5.41, 5.74) is 1.58. The van der Waals surface area contributed by atoms with Crippen molar-refractivity contribution in [2.45, 2.75) is 0 Å². The first-order valence-corrected chi connectivity index (χ1v) is 9.17. The average molecular weight is 407 g/mol. The van der Waals surface area contributed by atoms with Crippen LogP contribution in [0, 0.1) is 0 Å². The second kappa shape index (κ2) is 8.20. The molecular formula is C23H15ClO5. The second-order valence-corrected chi connectivity index (χ2v) is 6.61. The van der Waals surface area contributed by atoms with Crippen molar-refractivity contribution in [1.29, 1.82) is 0 Å². The molecule has 1 heterocycles. The molecule has 0 unspecified atom stereocenters. The van der Waals surface area contributed by atoms with E-state index in [4.69, 9.17) is 25.8 Å². The molecule has 4 rings (SSSR count). The maximum absolute atomic E-state index is 12.4. The molecule has 0 aromatic heterocycles. The van der Waals surface area contributed by atoms with Crippen LogP contribution in [0.25, 0.3) is 6.08 Å². The lowest BCUT2D eigenvalue weighted by Crippen LogP contribution is -2.09. The van der Waals surface area contributed by atoms with Gasteiger partial charge in [0, 0.05) is 5.56 Å². The summed E-state index contributed by atoms with van der Waals surface area (Å²) in [6.45, 7) is 0.203. The third-order valence-electron chi connectivity index (χ3n) is 4.27. The minimum atomic E-state index is -0.558. The van der Waals surface area contributed by atoms with E-state index in [-0.39, 0.29) is 18.1 Å². The summed E-state index contributed by atoms with van der Waals surface area (Å²) in [5, 5.41) is 0.318. The van der Waals surface area contributed by atoms with Crippen molar-refractivity contribution in [2.75, 3.05) is 6.79 Å². The molecule has 0 spiro atoms. The summed E-state index contributed by atoms with van der Waals surface area (Å²) in [7, 11) is 0. The van der Waals surface area contributed by atoms with Crippen LogP contribution >= 0.6 is 11.6 Å². The Balaban J connectivity index is 1.41. The Hall–Kier alpha value is -3.57. The lowest BCUT2D eigenvalue weighted by Gasteiger charge is -2.06. The predicted octanol–water partition coefficient (Wildman–Crippen LogP) is 5.18. The highest BCUT2D eigenvalue weighted by molar-refractivity contribution is 6.33. The van der Waals surface area contributed by atoms with E-state index in [1.807, 2.05) is 12.1 Å². The predicted molar refractivity (Wildman–Crippen MR) is 109 cm³/mol. The number of rotatable bonds is 5. The molecule has 6 heteroatoms. The zero-order chi connectivity index (χ0) is 20.2. The molecular weight excluding hydrogens is 392 g/mol. The number of hydrogen-bond acceptors (Lipinski definition) is 5. The molecule has 0 saturated carbocycles. The summed E-state index contributed by atoms with van der Waals surface area (Å²) in [4.78, 5) is 24.6. The molecule has 5 nitrogen and oxygen atoms in total. The number of ether oxygens (including phenoxy) is 3. The molecule has 0 amide bonds. The van der Waals surface area contributed by atoms with Crippen LogP contribution in [0.3, 0.4) is 0 Å². The Morgan fingerprint density at radius 1 is 0.931 bits per heavy atom. The normalized spacial score (nSPS) is 12.2. The minimum Gasteiger partial charge on any atom is -0.454 e. The summed E-state index contributed by atoms with van der Waals surface area (Å²) < 4.78 is 15.9. The molecule has 3 aromatic carbocycles. The number of benzene rings is 3. The van der Waals surface area contributed by atoms with Crippen LogP contribution in [0.1, 0.15) is 26.3 Å². The van der Waals surface area contributed by atoms with Gasteiger partial charge in [0.15, 0.2) is 17.3 Å². The lowest BCUT2D eigenvalue weighted by atomic mass is 10.1. The average Bonchev–Trinajstić information content (AvgIpc) is 3.20. The van der Waals surface area contributed by atoms with Crippen LogP contribution in [0.5, 0.6) is 17.2 Å². The number of fused-ring (bicyclic) bond motifs is 1. The molecule has 0 saturated heterocycles. The molecule has 1 aliphatic rings. The largest absolute Gasteiger partial charge is 0.454 e. The van der Waals surface area contributed by atoms with Crippen molar-refractivity contribution >= 4 is 29.4 Å². The third kappa shape index (κ3) is 4.31.